The highest BCUT2D eigenvalue weighted by Crippen LogP contribution is 2.30. The molecule has 0 saturated heterocycles. The molecule has 0 spiro atoms. The maximum Gasteiger partial charge on any atom is 0.161 e. The molecule has 2 aromatic heterocycles. The molecule has 0 radical (unpaired) electrons. The molecular formula is C18H14ClN5O. The van der Waals surface area contributed by atoms with Gasteiger partial charge in [-0.1, -0.05) is 23.7 Å². The first kappa shape index (κ1) is 15.4. The van der Waals surface area contributed by atoms with Gasteiger partial charge in [-0.15, -0.1) is 0 Å². The summed E-state index contributed by atoms with van der Waals surface area (Å²) < 4.78 is 5.40. The lowest BCUT2D eigenvalue weighted by atomic mass is 10.1. The van der Waals surface area contributed by atoms with Gasteiger partial charge >= 0.3 is 0 Å². The fourth-order valence-electron chi connectivity index (χ4n) is 2.63. The van der Waals surface area contributed by atoms with Crippen LogP contribution in [0.1, 0.15) is 0 Å². The topological polar surface area (TPSA) is 75.7 Å². The van der Waals surface area contributed by atoms with Gasteiger partial charge in [-0.25, -0.2) is 9.97 Å². The standard InChI is InChI=1S/C18H14ClN5O/c1-25-16-5-3-2-4-12(16)15-9-17(21-10-20-15)22-18-13-8-11(19)6-7-14(13)23-24-18/h2-10H,1H3,(H2,20,21,22,23,24). The fraction of sp³-hybridized carbons (Fsp3) is 0.0556. The minimum absolute atomic E-state index is 0.629. The average Bonchev–Trinajstić information content (AvgIpc) is 3.04. The molecular weight excluding hydrogens is 338 g/mol. The summed E-state index contributed by atoms with van der Waals surface area (Å²) >= 11 is 6.08. The monoisotopic (exact) mass is 351 g/mol. The van der Waals surface area contributed by atoms with Crippen LogP contribution in [0.15, 0.2) is 54.9 Å². The molecule has 124 valence electrons. The van der Waals surface area contributed by atoms with Gasteiger partial charge in [-0.3, -0.25) is 5.10 Å². The summed E-state index contributed by atoms with van der Waals surface area (Å²) in [5, 5.41) is 12.0. The van der Waals surface area contributed by atoms with E-state index in [0.717, 1.165) is 27.9 Å². The minimum atomic E-state index is 0.629. The Kier molecular flexibility index (Phi) is 3.95. The Labute approximate surface area is 148 Å². The highest BCUT2D eigenvalue weighted by molar-refractivity contribution is 6.31. The molecule has 2 aromatic carbocycles. The number of fused-ring (bicyclic) bond motifs is 1. The van der Waals surface area contributed by atoms with Crippen LogP contribution < -0.4 is 10.1 Å². The largest absolute Gasteiger partial charge is 0.496 e. The van der Waals surface area contributed by atoms with E-state index in [2.05, 4.69) is 25.5 Å². The predicted octanol–water partition coefficient (Wildman–Crippen LogP) is 4.43. The van der Waals surface area contributed by atoms with Gasteiger partial charge in [0.15, 0.2) is 5.82 Å². The summed E-state index contributed by atoms with van der Waals surface area (Å²) in [6.45, 7) is 0. The lowest BCUT2D eigenvalue weighted by Crippen LogP contribution is -1.97. The van der Waals surface area contributed by atoms with Gasteiger partial charge in [-0.05, 0) is 30.3 Å². The second-order valence-electron chi connectivity index (χ2n) is 5.38. The molecule has 25 heavy (non-hydrogen) atoms. The van der Waals surface area contributed by atoms with E-state index in [1.54, 1.807) is 7.11 Å². The molecule has 0 unspecified atom stereocenters. The van der Waals surface area contributed by atoms with Crippen molar-refractivity contribution >= 4 is 34.1 Å². The van der Waals surface area contributed by atoms with Crippen molar-refractivity contribution in [1.29, 1.82) is 0 Å². The van der Waals surface area contributed by atoms with Gasteiger partial charge in [0.2, 0.25) is 0 Å². The zero-order chi connectivity index (χ0) is 17.2. The number of nitrogens with one attached hydrogen (secondary N) is 2. The zero-order valence-electron chi connectivity index (χ0n) is 13.3. The molecule has 7 heteroatoms. The molecule has 0 saturated carbocycles. The van der Waals surface area contributed by atoms with Crippen molar-refractivity contribution in [1.82, 2.24) is 20.2 Å². The second-order valence-corrected chi connectivity index (χ2v) is 5.81. The summed E-state index contributed by atoms with van der Waals surface area (Å²) in [5.74, 6) is 2.04. The molecule has 0 fully saturated rings. The molecule has 4 aromatic rings. The number of hydrogen-bond donors (Lipinski definition) is 2. The van der Waals surface area contributed by atoms with Gasteiger partial charge in [0, 0.05) is 22.0 Å². The van der Waals surface area contributed by atoms with Gasteiger partial charge in [-0.2, -0.15) is 5.10 Å². The fourth-order valence-corrected chi connectivity index (χ4v) is 2.80. The molecule has 0 aliphatic heterocycles. The lowest BCUT2D eigenvalue weighted by Gasteiger charge is -2.09. The lowest BCUT2D eigenvalue weighted by molar-refractivity contribution is 0.416. The number of rotatable bonds is 4. The maximum absolute atomic E-state index is 6.08. The molecule has 2 heterocycles. The number of para-hydroxylation sites is 1. The van der Waals surface area contributed by atoms with E-state index in [1.165, 1.54) is 6.33 Å². The third-order valence-electron chi connectivity index (χ3n) is 3.82. The highest BCUT2D eigenvalue weighted by atomic mass is 35.5. The molecule has 0 aliphatic carbocycles. The minimum Gasteiger partial charge on any atom is -0.496 e. The third kappa shape index (κ3) is 2.99. The van der Waals surface area contributed by atoms with Crippen molar-refractivity contribution in [3.63, 3.8) is 0 Å². The zero-order valence-corrected chi connectivity index (χ0v) is 14.1. The van der Waals surface area contributed by atoms with Crippen LogP contribution in [-0.4, -0.2) is 27.3 Å². The summed E-state index contributed by atoms with van der Waals surface area (Å²) in [7, 11) is 1.64. The van der Waals surface area contributed by atoms with Crippen LogP contribution in [0.4, 0.5) is 11.6 Å². The number of ether oxygens (including phenoxy) is 1. The number of H-pyrrole nitrogens is 1. The number of aromatic nitrogens is 4. The van der Waals surface area contributed by atoms with Crippen LogP contribution in [0, 0.1) is 0 Å². The van der Waals surface area contributed by atoms with E-state index in [4.69, 9.17) is 16.3 Å². The van der Waals surface area contributed by atoms with Crippen LogP contribution >= 0.6 is 11.6 Å². The van der Waals surface area contributed by atoms with Crippen molar-refractivity contribution in [3.8, 4) is 17.0 Å². The van der Waals surface area contributed by atoms with E-state index < -0.39 is 0 Å². The van der Waals surface area contributed by atoms with Crippen LogP contribution in [0.3, 0.4) is 0 Å². The van der Waals surface area contributed by atoms with Crippen molar-refractivity contribution in [2.75, 3.05) is 12.4 Å². The Bertz CT molecular complexity index is 1050. The number of nitrogens with zero attached hydrogens (tertiary/aromatic N) is 3. The highest BCUT2D eigenvalue weighted by Gasteiger charge is 2.10. The molecule has 0 bridgehead atoms. The number of anilines is 2. The van der Waals surface area contributed by atoms with Crippen LogP contribution in [0.2, 0.25) is 5.02 Å². The van der Waals surface area contributed by atoms with Gasteiger partial charge in [0.05, 0.1) is 18.3 Å². The van der Waals surface area contributed by atoms with Crippen LogP contribution in [-0.2, 0) is 0 Å². The normalized spacial score (nSPS) is 10.8. The Morgan fingerprint density at radius 1 is 1.08 bits per heavy atom. The van der Waals surface area contributed by atoms with Crippen molar-refractivity contribution in [3.05, 3.63) is 59.9 Å². The quantitative estimate of drug-likeness (QED) is 0.569. The first-order valence-electron chi connectivity index (χ1n) is 7.60. The predicted molar refractivity (Wildman–Crippen MR) is 98.4 cm³/mol. The number of methoxy groups -OCH3 is 1. The van der Waals surface area contributed by atoms with Crippen molar-refractivity contribution in [2.24, 2.45) is 0 Å². The molecule has 6 nitrogen and oxygen atoms in total. The molecule has 0 atom stereocenters. The van der Waals surface area contributed by atoms with Gasteiger partial charge < -0.3 is 10.1 Å². The number of halogens is 1. The first-order valence-corrected chi connectivity index (χ1v) is 7.98. The van der Waals surface area contributed by atoms with Crippen molar-refractivity contribution < 1.29 is 4.74 Å². The Morgan fingerprint density at radius 2 is 1.96 bits per heavy atom. The smallest absolute Gasteiger partial charge is 0.161 e. The van der Waals surface area contributed by atoms with Crippen LogP contribution in [0.25, 0.3) is 22.2 Å². The third-order valence-corrected chi connectivity index (χ3v) is 4.06. The SMILES string of the molecule is COc1ccccc1-c1cc(Nc2n[nH]c3ccc(Cl)cc23)ncn1. The van der Waals surface area contributed by atoms with Gasteiger partial charge in [0.25, 0.3) is 0 Å². The van der Waals surface area contributed by atoms with E-state index in [-0.39, 0.29) is 0 Å². The molecule has 0 amide bonds. The van der Waals surface area contributed by atoms with Crippen molar-refractivity contribution in [2.45, 2.75) is 0 Å². The van der Waals surface area contributed by atoms with Gasteiger partial charge in [0.1, 0.15) is 17.9 Å². The van der Waals surface area contributed by atoms with E-state index in [0.29, 0.717) is 16.7 Å². The Hall–Kier alpha value is -3.12. The average molecular weight is 352 g/mol. The molecule has 0 aliphatic rings. The van der Waals surface area contributed by atoms with E-state index >= 15 is 0 Å². The number of benzene rings is 2. The summed E-state index contributed by atoms with van der Waals surface area (Å²) in [5.41, 5.74) is 2.55. The number of aromatic amines is 1. The van der Waals surface area contributed by atoms with Crippen LogP contribution in [0.5, 0.6) is 5.75 Å². The van der Waals surface area contributed by atoms with E-state index in [9.17, 15) is 0 Å². The number of hydrogen-bond acceptors (Lipinski definition) is 5. The second kappa shape index (κ2) is 6.41. The summed E-state index contributed by atoms with van der Waals surface area (Å²) in [4.78, 5) is 8.62. The molecule has 2 N–H and O–H groups in total. The first-order chi connectivity index (χ1) is 12.2. The Balaban J connectivity index is 1.71. The maximum atomic E-state index is 6.08. The molecule has 4 rings (SSSR count). The Morgan fingerprint density at radius 3 is 2.84 bits per heavy atom. The summed E-state index contributed by atoms with van der Waals surface area (Å²) in [6.07, 6.45) is 1.51. The van der Waals surface area contributed by atoms with E-state index in [1.807, 2.05) is 48.5 Å². The summed E-state index contributed by atoms with van der Waals surface area (Å²) in [6, 6.07) is 15.1.